The molecule has 33 heavy (non-hydrogen) atoms. The molecule has 0 saturated carbocycles. The summed E-state index contributed by atoms with van der Waals surface area (Å²) in [6.07, 6.45) is 0.868. The summed E-state index contributed by atoms with van der Waals surface area (Å²) in [5.74, 6) is 2.19. The van der Waals surface area contributed by atoms with E-state index >= 15 is 0 Å². The number of fused-ring (bicyclic) bond motifs is 1. The molecule has 0 fully saturated rings. The summed E-state index contributed by atoms with van der Waals surface area (Å²) in [6, 6.07) is 14.6. The number of hydrogen-bond acceptors (Lipinski definition) is 7. The number of carbonyl (C=O) groups is 2. The number of ether oxygens (including phenoxy) is 2. The van der Waals surface area contributed by atoms with Crippen LogP contribution in [0.2, 0.25) is 0 Å². The Morgan fingerprint density at radius 2 is 1.85 bits per heavy atom. The maximum Gasteiger partial charge on any atom is 0.325 e. The zero-order chi connectivity index (χ0) is 23.0. The molecule has 2 aromatic carbocycles. The van der Waals surface area contributed by atoms with E-state index in [9.17, 15) is 9.59 Å². The number of imide groups is 1. The van der Waals surface area contributed by atoms with Crippen LogP contribution in [0.3, 0.4) is 0 Å². The smallest absolute Gasteiger partial charge is 0.325 e. The molecule has 10 heteroatoms. The summed E-state index contributed by atoms with van der Waals surface area (Å²) in [4.78, 5) is 24.3. The Balaban J connectivity index is 1.24. The summed E-state index contributed by atoms with van der Waals surface area (Å²) in [7, 11) is 0. The first-order valence-electron chi connectivity index (χ1n) is 10.7. The van der Waals surface area contributed by atoms with E-state index < -0.39 is 6.03 Å². The Labute approximate surface area is 195 Å². The Kier molecular flexibility index (Phi) is 7.46. The number of benzene rings is 2. The van der Waals surface area contributed by atoms with E-state index in [0.717, 1.165) is 17.5 Å². The molecule has 0 aliphatic carbocycles. The third kappa shape index (κ3) is 6.04. The number of nitrogens with zero attached hydrogens (tertiary/aromatic N) is 3. The van der Waals surface area contributed by atoms with Crippen molar-refractivity contribution < 1.29 is 19.1 Å². The lowest BCUT2D eigenvalue weighted by Gasteiger charge is -2.19. The molecule has 0 bridgehead atoms. The van der Waals surface area contributed by atoms with Crippen molar-refractivity contribution in [3.63, 3.8) is 0 Å². The molecule has 172 valence electrons. The quantitative estimate of drug-likeness (QED) is 0.488. The number of anilines is 1. The highest BCUT2D eigenvalue weighted by molar-refractivity contribution is 7.99. The van der Waals surface area contributed by atoms with Crippen LogP contribution in [0.25, 0.3) is 0 Å². The number of carbonyl (C=O) groups excluding carboxylic acids is 2. The second-order valence-electron chi connectivity index (χ2n) is 7.26. The second-order valence-corrected chi connectivity index (χ2v) is 8.33. The summed E-state index contributed by atoms with van der Waals surface area (Å²) in [6.45, 7) is 3.73. The Bertz CT molecular complexity index is 1120. The van der Waals surface area contributed by atoms with Gasteiger partial charge in [0.25, 0.3) is 0 Å². The van der Waals surface area contributed by atoms with Gasteiger partial charge in [0.2, 0.25) is 5.91 Å². The number of hydrogen-bond donors (Lipinski definition) is 2. The van der Waals surface area contributed by atoms with Crippen LogP contribution in [0, 0.1) is 0 Å². The lowest BCUT2D eigenvalue weighted by molar-refractivity contribution is -0.119. The monoisotopic (exact) mass is 467 g/mol. The van der Waals surface area contributed by atoms with Gasteiger partial charge in [-0.2, -0.15) is 0 Å². The largest absolute Gasteiger partial charge is 0.486 e. The summed E-state index contributed by atoms with van der Waals surface area (Å²) in [5, 5.41) is 14.3. The topological polar surface area (TPSA) is 107 Å². The van der Waals surface area contributed by atoms with Crippen molar-refractivity contribution in [1.82, 2.24) is 20.1 Å². The van der Waals surface area contributed by atoms with E-state index in [1.54, 1.807) is 18.2 Å². The molecule has 1 aromatic heterocycles. The van der Waals surface area contributed by atoms with Gasteiger partial charge in [-0.05, 0) is 24.6 Å². The van der Waals surface area contributed by atoms with Gasteiger partial charge in [0, 0.05) is 36.9 Å². The van der Waals surface area contributed by atoms with Gasteiger partial charge in [-0.25, -0.2) is 4.79 Å². The molecule has 0 atom stereocenters. The Hall–Kier alpha value is -3.53. The molecule has 0 radical (unpaired) electrons. The lowest BCUT2D eigenvalue weighted by atomic mass is 10.1. The molecule has 1 aliphatic heterocycles. The van der Waals surface area contributed by atoms with Gasteiger partial charge in [0.1, 0.15) is 19.0 Å². The number of thioether (sulfide) groups is 1. The zero-order valence-corrected chi connectivity index (χ0v) is 19.1. The standard InChI is InChI=1S/C23H25N5O4S/c1-2-28-20(14-16-6-4-3-5-7-16)26-27-23(28)33-13-10-21(29)25-22(30)24-17-8-9-18-19(15-17)32-12-11-31-18/h3-9,15H,2,10-14H2,1H3,(H2,24,25,29,30). The van der Waals surface area contributed by atoms with E-state index in [1.807, 2.05) is 29.7 Å². The predicted molar refractivity (Wildman–Crippen MR) is 125 cm³/mol. The van der Waals surface area contributed by atoms with Crippen LogP contribution in [-0.4, -0.2) is 45.7 Å². The van der Waals surface area contributed by atoms with Gasteiger partial charge < -0.3 is 19.4 Å². The van der Waals surface area contributed by atoms with E-state index in [-0.39, 0.29) is 12.3 Å². The van der Waals surface area contributed by atoms with Crippen molar-refractivity contribution >= 4 is 29.4 Å². The molecular weight excluding hydrogens is 442 g/mol. The van der Waals surface area contributed by atoms with Gasteiger partial charge in [-0.3, -0.25) is 10.1 Å². The molecule has 2 N–H and O–H groups in total. The molecule has 0 unspecified atom stereocenters. The molecule has 4 rings (SSSR count). The highest BCUT2D eigenvalue weighted by Gasteiger charge is 2.15. The van der Waals surface area contributed by atoms with Crippen LogP contribution in [-0.2, 0) is 17.8 Å². The van der Waals surface area contributed by atoms with Crippen molar-refractivity contribution in [3.8, 4) is 11.5 Å². The maximum atomic E-state index is 12.2. The van der Waals surface area contributed by atoms with E-state index in [2.05, 4.69) is 33.0 Å². The fourth-order valence-corrected chi connectivity index (χ4v) is 4.32. The molecule has 9 nitrogen and oxygen atoms in total. The van der Waals surface area contributed by atoms with Gasteiger partial charge in [0.15, 0.2) is 16.7 Å². The first kappa shape index (κ1) is 22.7. The zero-order valence-electron chi connectivity index (χ0n) is 18.2. The number of amides is 3. The fraction of sp³-hybridized carbons (Fsp3) is 0.304. The number of nitrogens with one attached hydrogen (secondary N) is 2. The number of aromatic nitrogens is 3. The average Bonchev–Trinajstić information content (AvgIpc) is 3.20. The van der Waals surface area contributed by atoms with Crippen LogP contribution in [0.5, 0.6) is 11.5 Å². The lowest BCUT2D eigenvalue weighted by Crippen LogP contribution is -2.34. The van der Waals surface area contributed by atoms with Crippen molar-refractivity contribution in [2.75, 3.05) is 24.3 Å². The van der Waals surface area contributed by atoms with Crippen LogP contribution < -0.4 is 20.1 Å². The molecule has 1 aliphatic rings. The van der Waals surface area contributed by atoms with Gasteiger partial charge in [0.05, 0.1) is 0 Å². The maximum absolute atomic E-state index is 12.2. The molecule has 2 heterocycles. The highest BCUT2D eigenvalue weighted by atomic mass is 32.2. The molecule has 0 spiro atoms. The predicted octanol–water partition coefficient (Wildman–Crippen LogP) is 3.49. The van der Waals surface area contributed by atoms with Crippen LogP contribution in [0.4, 0.5) is 10.5 Å². The normalized spacial score (nSPS) is 12.3. The first-order chi connectivity index (χ1) is 16.1. The number of rotatable bonds is 8. The van der Waals surface area contributed by atoms with E-state index in [0.29, 0.717) is 42.6 Å². The van der Waals surface area contributed by atoms with Crippen LogP contribution >= 0.6 is 11.8 Å². The summed E-state index contributed by atoms with van der Waals surface area (Å²) < 4.78 is 13.0. The van der Waals surface area contributed by atoms with E-state index in [1.165, 1.54) is 17.3 Å². The van der Waals surface area contributed by atoms with E-state index in [4.69, 9.17) is 9.47 Å². The van der Waals surface area contributed by atoms with Gasteiger partial charge in [-0.15, -0.1) is 10.2 Å². The SMILES string of the molecule is CCn1c(Cc2ccccc2)nnc1SCCC(=O)NC(=O)Nc1ccc2c(c1)OCCO2. The minimum absolute atomic E-state index is 0.170. The van der Waals surface area contributed by atoms with Gasteiger partial charge >= 0.3 is 6.03 Å². The third-order valence-electron chi connectivity index (χ3n) is 4.93. The minimum Gasteiger partial charge on any atom is -0.486 e. The van der Waals surface area contributed by atoms with Crippen molar-refractivity contribution in [2.45, 2.75) is 31.5 Å². The molecule has 3 amide bonds. The van der Waals surface area contributed by atoms with Crippen molar-refractivity contribution in [3.05, 3.63) is 59.9 Å². The van der Waals surface area contributed by atoms with Gasteiger partial charge in [-0.1, -0.05) is 42.1 Å². The summed E-state index contributed by atoms with van der Waals surface area (Å²) in [5.41, 5.74) is 1.68. The summed E-state index contributed by atoms with van der Waals surface area (Å²) >= 11 is 1.44. The third-order valence-corrected chi connectivity index (χ3v) is 5.90. The average molecular weight is 468 g/mol. The highest BCUT2D eigenvalue weighted by Crippen LogP contribution is 2.32. The molecular formula is C23H25N5O4S. The fourth-order valence-electron chi connectivity index (χ4n) is 3.36. The Morgan fingerprint density at radius 1 is 1.06 bits per heavy atom. The van der Waals surface area contributed by atoms with Crippen molar-refractivity contribution in [1.29, 1.82) is 0 Å². The van der Waals surface area contributed by atoms with Crippen LogP contribution in [0.15, 0.2) is 53.7 Å². The second kappa shape index (κ2) is 10.9. The minimum atomic E-state index is -0.594. The molecule has 0 saturated heterocycles. The van der Waals surface area contributed by atoms with Crippen LogP contribution in [0.1, 0.15) is 24.7 Å². The van der Waals surface area contributed by atoms with Crippen molar-refractivity contribution in [2.24, 2.45) is 0 Å². The molecule has 3 aromatic rings. The first-order valence-corrected chi connectivity index (χ1v) is 11.7. The number of urea groups is 1. The Morgan fingerprint density at radius 3 is 2.64 bits per heavy atom.